The summed E-state index contributed by atoms with van der Waals surface area (Å²) < 4.78 is 11.2. The lowest BCUT2D eigenvalue weighted by Gasteiger charge is -2.21. The summed E-state index contributed by atoms with van der Waals surface area (Å²) >= 11 is 0. The van der Waals surface area contributed by atoms with Crippen molar-refractivity contribution in [3.05, 3.63) is 54.1 Å². The molecule has 32 heavy (non-hydrogen) atoms. The van der Waals surface area contributed by atoms with E-state index >= 15 is 0 Å². The van der Waals surface area contributed by atoms with Crippen molar-refractivity contribution in [3.63, 3.8) is 0 Å². The maximum absolute atomic E-state index is 11.9. The fourth-order valence-corrected chi connectivity index (χ4v) is 3.55. The van der Waals surface area contributed by atoms with Gasteiger partial charge in [0, 0.05) is 6.04 Å². The second kappa shape index (κ2) is 13.3. The van der Waals surface area contributed by atoms with Crippen molar-refractivity contribution in [1.29, 1.82) is 0 Å². The van der Waals surface area contributed by atoms with E-state index in [1.807, 2.05) is 32.9 Å². The van der Waals surface area contributed by atoms with Gasteiger partial charge in [0.15, 0.2) is 0 Å². The highest BCUT2D eigenvalue weighted by molar-refractivity contribution is 5.70. The molecule has 0 amide bonds. The van der Waals surface area contributed by atoms with E-state index in [-0.39, 0.29) is 18.4 Å². The Bertz CT molecular complexity index is 791. The zero-order valence-corrected chi connectivity index (χ0v) is 20.4. The molecule has 0 saturated heterocycles. The Labute approximate surface area is 194 Å². The van der Waals surface area contributed by atoms with Crippen molar-refractivity contribution in [2.75, 3.05) is 6.61 Å². The van der Waals surface area contributed by atoms with Gasteiger partial charge in [0.2, 0.25) is 0 Å². The van der Waals surface area contributed by atoms with Gasteiger partial charge in [-0.2, -0.15) is 0 Å². The number of aryl methyl sites for hydroxylation is 1. The minimum Gasteiger partial charge on any atom is -0.494 e. The van der Waals surface area contributed by atoms with Crippen LogP contribution in [0.15, 0.2) is 48.5 Å². The molecule has 0 unspecified atom stereocenters. The SMILES string of the molecule is CCCCCCCOc1ccc(-c2ccc(CC[C@@H](N)CC(=O)OC(C)(C)C)cc2)cc1. The van der Waals surface area contributed by atoms with E-state index in [2.05, 4.69) is 43.3 Å². The second-order valence-electron chi connectivity index (χ2n) is 9.57. The number of rotatable bonds is 13. The maximum Gasteiger partial charge on any atom is 0.307 e. The third-order valence-corrected chi connectivity index (χ3v) is 5.31. The smallest absolute Gasteiger partial charge is 0.307 e. The third kappa shape index (κ3) is 10.3. The zero-order valence-electron chi connectivity index (χ0n) is 20.4. The number of esters is 1. The molecule has 0 fully saturated rings. The molecule has 0 saturated carbocycles. The van der Waals surface area contributed by atoms with Crippen LogP contribution in [0.25, 0.3) is 11.1 Å². The molecule has 1 atom stereocenters. The molecule has 0 aliphatic heterocycles. The first-order chi connectivity index (χ1) is 15.3. The number of unbranched alkanes of at least 4 members (excludes halogenated alkanes) is 4. The normalized spacial score (nSPS) is 12.4. The van der Waals surface area contributed by atoms with Crippen LogP contribution in [0.4, 0.5) is 0 Å². The van der Waals surface area contributed by atoms with E-state index in [9.17, 15) is 4.79 Å². The molecule has 0 radical (unpaired) electrons. The van der Waals surface area contributed by atoms with Crippen molar-refractivity contribution in [2.45, 2.75) is 90.7 Å². The first-order valence-corrected chi connectivity index (χ1v) is 12.1. The summed E-state index contributed by atoms with van der Waals surface area (Å²) in [4.78, 5) is 11.9. The highest BCUT2D eigenvalue weighted by atomic mass is 16.6. The predicted molar refractivity (Wildman–Crippen MR) is 133 cm³/mol. The topological polar surface area (TPSA) is 61.5 Å². The number of ether oxygens (including phenoxy) is 2. The van der Waals surface area contributed by atoms with Crippen molar-refractivity contribution in [1.82, 2.24) is 0 Å². The summed E-state index contributed by atoms with van der Waals surface area (Å²) in [5.74, 6) is 0.698. The minimum atomic E-state index is -0.467. The molecule has 176 valence electrons. The van der Waals surface area contributed by atoms with E-state index in [1.165, 1.54) is 42.4 Å². The molecule has 2 aromatic rings. The molecule has 0 aliphatic carbocycles. The standard InChI is InChI=1S/C28H41NO3/c1-5-6-7-8-9-20-31-26-18-15-24(16-19-26)23-13-10-22(11-14-23)12-17-25(29)21-27(30)32-28(2,3)4/h10-11,13-16,18-19,25H,5-9,12,17,20-21,29H2,1-4H3/t25-/m1/s1. The van der Waals surface area contributed by atoms with E-state index in [0.29, 0.717) is 0 Å². The lowest BCUT2D eigenvalue weighted by molar-refractivity contribution is -0.155. The average molecular weight is 440 g/mol. The van der Waals surface area contributed by atoms with Gasteiger partial charge >= 0.3 is 5.97 Å². The fraction of sp³-hybridized carbons (Fsp3) is 0.536. The molecule has 0 spiro atoms. The molecule has 0 aromatic heterocycles. The monoisotopic (exact) mass is 439 g/mol. The van der Waals surface area contributed by atoms with E-state index in [1.54, 1.807) is 0 Å². The quantitative estimate of drug-likeness (QED) is 0.279. The van der Waals surface area contributed by atoms with Crippen LogP contribution in [0.2, 0.25) is 0 Å². The van der Waals surface area contributed by atoms with Gasteiger partial charge in [-0.15, -0.1) is 0 Å². The van der Waals surface area contributed by atoms with Gasteiger partial charge in [-0.3, -0.25) is 4.79 Å². The van der Waals surface area contributed by atoms with Gasteiger partial charge in [0.05, 0.1) is 13.0 Å². The number of nitrogens with two attached hydrogens (primary N) is 1. The average Bonchev–Trinajstić information content (AvgIpc) is 2.74. The summed E-state index contributed by atoms with van der Waals surface area (Å²) in [7, 11) is 0. The molecule has 4 heteroatoms. The first-order valence-electron chi connectivity index (χ1n) is 12.1. The van der Waals surface area contributed by atoms with Crippen molar-refractivity contribution in [2.24, 2.45) is 5.73 Å². The molecule has 2 N–H and O–H groups in total. The number of hydrogen-bond donors (Lipinski definition) is 1. The van der Waals surface area contributed by atoms with E-state index in [4.69, 9.17) is 15.2 Å². The number of carbonyl (C=O) groups excluding carboxylic acids is 1. The zero-order chi connectivity index (χ0) is 23.4. The van der Waals surface area contributed by atoms with Gasteiger partial charge < -0.3 is 15.2 Å². The Morgan fingerprint density at radius 3 is 2.09 bits per heavy atom. The third-order valence-electron chi connectivity index (χ3n) is 5.31. The predicted octanol–water partition coefficient (Wildman–Crippen LogP) is 6.69. The van der Waals surface area contributed by atoms with E-state index in [0.717, 1.165) is 31.6 Å². The lowest BCUT2D eigenvalue weighted by Crippen LogP contribution is -2.30. The molecule has 0 heterocycles. The van der Waals surface area contributed by atoms with Crippen LogP contribution < -0.4 is 10.5 Å². The van der Waals surface area contributed by atoms with E-state index < -0.39 is 5.60 Å². The van der Waals surface area contributed by atoms with Crippen LogP contribution in [0.5, 0.6) is 5.75 Å². The Hall–Kier alpha value is -2.33. The van der Waals surface area contributed by atoms with Crippen molar-refractivity contribution >= 4 is 5.97 Å². The first kappa shape index (κ1) is 25.9. The molecule has 2 aromatic carbocycles. The Balaban J connectivity index is 1.76. The second-order valence-corrected chi connectivity index (χ2v) is 9.57. The van der Waals surface area contributed by atoms with Crippen molar-refractivity contribution in [3.8, 4) is 16.9 Å². The largest absolute Gasteiger partial charge is 0.494 e. The summed E-state index contributed by atoms with van der Waals surface area (Å²) in [6.45, 7) is 8.63. The summed E-state index contributed by atoms with van der Waals surface area (Å²) in [5.41, 5.74) is 9.23. The number of benzene rings is 2. The van der Waals surface area contributed by atoms with Gasteiger partial charge in [-0.25, -0.2) is 0 Å². The maximum atomic E-state index is 11.9. The minimum absolute atomic E-state index is 0.191. The highest BCUT2D eigenvalue weighted by Crippen LogP contribution is 2.23. The molecule has 0 aliphatic rings. The molecule has 2 rings (SSSR count). The van der Waals surface area contributed by atoms with Crippen LogP contribution >= 0.6 is 0 Å². The molecular formula is C28H41NO3. The molecule has 4 nitrogen and oxygen atoms in total. The molecule has 0 bridgehead atoms. The van der Waals surface area contributed by atoms with Gasteiger partial charge in [0.25, 0.3) is 0 Å². The fourth-order valence-electron chi connectivity index (χ4n) is 3.55. The van der Waals surface area contributed by atoms with Crippen LogP contribution in [-0.4, -0.2) is 24.2 Å². The molecular weight excluding hydrogens is 398 g/mol. The number of hydrogen-bond acceptors (Lipinski definition) is 4. The van der Waals surface area contributed by atoms with Gasteiger partial charge in [-0.1, -0.05) is 69.0 Å². The summed E-state index contributed by atoms with van der Waals surface area (Å²) in [5, 5.41) is 0. The van der Waals surface area contributed by atoms with Crippen molar-refractivity contribution < 1.29 is 14.3 Å². The van der Waals surface area contributed by atoms with Crippen LogP contribution in [0, 0.1) is 0 Å². The highest BCUT2D eigenvalue weighted by Gasteiger charge is 2.18. The lowest BCUT2D eigenvalue weighted by atomic mass is 10.00. The summed E-state index contributed by atoms with van der Waals surface area (Å²) in [6.07, 6.45) is 8.08. The van der Waals surface area contributed by atoms with Crippen LogP contribution in [0.3, 0.4) is 0 Å². The van der Waals surface area contributed by atoms with Gasteiger partial charge in [-0.05, 0) is 68.9 Å². The van der Waals surface area contributed by atoms with Crippen LogP contribution in [-0.2, 0) is 16.0 Å². The Kier molecular flexibility index (Phi) is 10.8. The Morgan fingerprint density at radius 1 is 0.906 bits per heavy atom. The van der Waals surface area contributed by atoms with Gasteiger partial charge in [0.1, 0.15) is 11.4 Å². The number of carbonyl (C=O) groups is 1. The van der Waals surface area contributed by atoms with Crippen LogP contribution in [0.1, 0.15) is 78.2 Å². The summed E-state index contributed by atoms with van der Waals surface area (Å²) in [6, 6.07) is 16.7. The Morgan fingerprint density at radius 2 is 1.50 bits per heavy atom.